The van der Waals surface area contributed by atoms with Gasteiger partial charge in [-0.2, -0.15) is 5.10 Å². The first-order valence-electron chi connectivity index (χ1n) is 6.80. The monoisotopic (exact) mass is 355 g/mol. The molecule has 0 amide bonds. The predicted octanol–water partition coefficient (Wildman–Crippen LogP) is 4.80. The fourth-order valence-corrected chi connectivity index (χ4v) is 3.14. The van der Waals surface area contributed by atoms with E-state index >= 15 is 0 Å². The van der Waals surface area contributed by atoms with Gasteiger partial charge in [0, 0.05) is 6.54 Å². The highest BCUT2D eigenvalue weighted by molar-refractivity contribution is 9.10. The van der Waals surface area contributed by atoms with Crippen LogP contribution in [-0.4, -0.2) is 9.78 Å². The van der Waals surface area contributed by atoms with Crippen molar-refractivity contribution < 1.29 is 0 Å². The fourth-order valence-electron chi connectivity index (χ4n) is 2.13. The maximum absolute atomic E-state index is 6.25. The van der Waals surface area contributed by atoms with Crippen LogP contribution in [0.5, 0.6) is 0 Å². The Kier molecular flexibility index (Phi) is 5.11. The average Bonchev–Trinajstić information content (AvgIpc) is 2.74. The van der Waals surface area contributed by atoms with Crippen molar-refractivity contribution in [1.29, 1.82) is 0 Å². The lowest BCUT2D eigenvalue weighted by molar-refractivity contribution is 0.619. The molecule has 3 nitrogen and oxygen atoms in total. The van der Waals surface area contributed by atoms with E-state index in [1.54, 1.807) is 0 Å². The Labute approximate surface area is 133 Å². The second-order valence-corrected chi connectivity index (χ2v) is 5.91. The molecule has 0 saturated carbocycles. The average molecular weight is 357 g/mol. The van der Waals surface area contributed by atoms with Crippen LogP contribution >= 0.6 is 27.5 Å². The van der Waals surface area contributed by atoms with Crippen LogP contribution in [-0.2, 0) is 19.5 Å². The molecule has 1 aromatic heterocycles. The number of nitrogens with zero attached hydrogens (tertiary/aromatic N) is 2. The summed E-state index contributed by atoms with van der Waals surface area (Å²) < 4.78 is 3.12. The molecule has 20 heavy (non-hydrogen) atoms. The SMILES string of the molecule is CCc1nn(CC)c(CNc2ccc(C)cc2Cl)c1Br. The van der Waals surface area contributed by atoms with Crippen LogP contribution in [0.3, 0.4) is 0 Å². The number of hydrogen-bond acceptors (Lipinski definition) is 2. The van der Waals surface area contributed by atoms with E-state index in [4.69, 9.17) is 11.6 Å². The summed E-state index contributed by atoms with van der Waals surface area (Å²) in [5.74, 6) is 0. The maximum Gasteiger partial charge on any atom is 0.0767 e. The summed E-state index contributed by atoms with van der Waals surface area (Å²) in [5, 5.41) is 8.73. The highest BCUT2D eigenvalue weighted by atomic mass is 79.9. The molecule has 2 rings (SSSR count). The molecular weight excluding hydrogens is 338 g/mol. The molecule has 0 saturated heterocycles. The third kappa shape index (κ3) is 3.18. The summed E-state index contributed by atoms with van der Waals surface area (Å²) in [6.45, 7) is 7.80. The molecule has 1 N–H and O–H groups in total. The van der Waals surface area contributed by atoms with Crippen molar-refractivity contribution in [2.75, 3.05) is 5.32 Å². The molecule has 0 aliphatic carbocycles. The third-order valence-electron chi connectivity index (χ3n) is 3.27. The molecule has 0 bridgehead atoms. The highest BCUT2D eigenvalue weighted by Crippen LogP contribution is 2.26. The van der Waals surface area contributed by atoms with Gasteiger partial charge >= 0.3 is 0 Å². The Morgan fingerprint density at radius 2 is 2.10 bits per heavy atom. The second kappa shape index (κ2) is 6.64. The van der Waals surface area contributed by atoms with Crippen LogP contribution in [0.4, 0.5) is 5.69 Å². The van der Waals surface area contributed by atoms with Gasteiger partial charge in [0.15, 0.2) is 0 Å². The van der Waals surface area contributed by atoms with Gasteiger partial charge in [-0.05, 0) is 53.9 Å². The molecule has 0 aliphatic heterocycles. The topological polar surface area (TPSA) is 29.9 Å². The van der Waals surface area contributed by atoms with E-state index in [1.165, 1.54) is 0 Å². The molecule has 108 valence electrons. The van der Waals surface area contributed by atoms with Crippen LogP contribution in [0.15, 0.2) is 22.7 Å². The van der Waals surface area contributed by atoms with Crippen molar-refractivity contribution in [2.45, 2.75) is 40.3 Å². The molecule has 0 spiro atoms. The highest BCUT2D eigenvalue weighted by Gasteiger charge is 2.13. The molecule has 2 aromatic rings. The molecule has 1 heterocycles. The van der Waals surface area contributed by atoms with Gasteiger partial charge in [-0.15, -0.1) is 0 Å². The van der Waals surface area contributed by atoms with E-state index in [2.05, 4.69) is 46.3 Å². The smallest absolute Gasteiger partial charge is 0.0767 e. The summed E-state index contributed by atoms with van der Waals surface area (Å²) in [6, 6.07) is 6.03. The Bertz CT molecular complexity index is 607. The number of rotatable bonds is 5. The zero-order valence-electron chi connectivity index (χ0n) is 12.0. The van der Waals surface area contributed by atoms with E-state index < -0.39 is 0 Å². The van der Waals surface area contributed by atoms with Crippen LogP contribution in [0, 0.1) is 6.92 Å². The Hall–Kier alpha value is -1.000. The van der Waals surface area contributed by atoms with Gasteiger partial charge in [0.1, 0.15) is 0 Å². The molecule has 0 atom stereocenters. The van der Waals surface area contributed by atoms with Gasteiger partial charge in [-0.3, -0.25) is 4.68 Å². The van der Waals surface area contributed by atoms with E-state index in [1.807, 2.05) is 23.7 Å². The summed E-state index contributed by atoms with van der Waals surface area (Å²) in [4.78, 5) is 0. The Morgan fingerprint density at radius 1 is 1.35 bits per heavy atom. The number of nitrogens with one attached hydrogen (secondary N) is 1. The van der Waals surface area contributed by atoms with Gasteiger partial charge < -0.3 is 5.32 Å². The molecular formula is C15H19BrClN3. The van der Waals surface area contributed by atoms with Crippen molar-refractivity contribution in [3.63, 3.8) is 0 Å². The lowest BCUT2D eigenvalue weighted by Gasteiger charge is -2.10. The van der Waals surface area contributed by atoms with Gasteiger partial charge in [-0.25, -0.2) is 0 Å². The minimum atomic E-state index is 0.699. The van der Waals surface area contributed by atoms with Gasteiger partial charge in [0.25, 0.3) is 0 Å². The molecule has 0 radical (unpaired) electrons. The van der Waals surface area contributed by atoms with E-state index in [-0.39, 0.29) is 0 Å². The normalized spacial score (nSPS) is 10.8. The van der Waals surface area contributed by atoms with Gasteiger partial charge in [0.2, 0.25) is 0 Å². The van der Waals surface area contributed by atoms with Crippen LogP contribution in [0.2, 0.25) is 5.02 Å². The summed E-state index contributed by atoms with van der Waals surface area (Å²) in [5.41, 5.74) is 4.36. The van der Waals surface area contributed by atoms with Crippen LogP contribution in [0.25, 0.3) is 0 Å². The number of hydrogen-bond donors (Lipinski definition) is 1. The van der Waals surface area contributed by atoms with Crippen molar-refractivity contribution in [3.8, 4) is 0 Å². The Morgan fingerprint density at radius 3 is 2.70 bits per heavy atom. The quantitative estimate of drug-likeness (QED) is 0.834. The van der Waals surface area contributed by atoms with Crippen LogP contribution < -0.4 is 5.32 Å². The maximum atomic E-state index is 6.25. The van der Waals surface area contributed by atoms with Crippen molar-refractivity contribution in [2.24, 2.45) is 0 Å². The third-order valence-corrected chi connectivity index (χ3v) is 4.49. The van der Waals surface area contributed by atoms with Crippen molar-refractivity contribution >= 4 is 33.2 Å². The lowest BCUT2D eigenvalue weighted by Crippen LogP contribution is -2.08. The van der Waals surface area contributed by atoms with Gasteiger partial charge in [0.05, 0.1) is 33.1 Å². The number of benzene rings is 1. The molecule has 5 heteroatoms. The summed E-state index contributed by atoms with van der Waals surface area (Å²) >= 11 is 9.90. The molecule has 0 fully saturated rings. The summed E-state index contributed by atoms with van der Waals surface area (Å²) in [7, 11) is 0. The number of aryl methyl sites for hydroxylation is 3. The van der Waals surface area contributed by atoms with Crippen molar-refractivity contribution in [1.82, 2.24) is 9.78 Å². The first-order chi connectivity index (χ1) is 9.56. The van der Waals surface area contributed by atoms with Gasteiger partial charge in [-0.1, -0.05) is 24.6 Å². The largest absolute Gasteiger partial charge is 0.378 e. The number of anilines is 1. The number of aromatic nitrogens is 2. The van der Waals surface area contributed by atoms with E-state index in [0.717, 1.165) is 45.1 Å². The number of halogens is 2. The molecule has 0 unspecified atom stereocenters. The predicted molar refractivity (Wildman–Crippen MR) is 88.5 cm³/mol. The zero-order chi connectivity index (χ0) is 14.7. The fraction of sp³-hybridized carbons (Fsp3) is 0.400. The van der Waals surface area contributed by atoms with E-state index in [0.29, 0.717) is 6.54 Å². The standard InChI is InChI=1S/C15H19BrClN3/c1-4-12-15(16)14(20(5-2)19-12)9-18-13-7-6-10(3)8-11(13)17/h6-8,18H,4-5,9H2,1-3H3. The molecule has 0 aliphatic rings. The zero-order valence-corrected chi connectivity index (χ0v) is 14.3. The first-order valence-corrected chi connectivity index (χ1v) is 7.98. The van der Waals surface area contributed by atoms with E-state index in [9.17, 15) is 0 Å². The second-order valence-electron chi connectivity index (χ2n) is 4.71. The minimum absolute atomic E-state index is 0.699. The van der Waals surface area contributed by atoms with Crippen molar-refractivity contribution in [3.05, 3.63) is 44.6 Å². The Balaban J connectivity index is 2.20. The lowest BCUT2D eigenvalue weighted by atomic mass is 10.2. The molecule has 1 aromatic carbocycles. The minimum Gasteiger partial charge on any atom is -0.378 e. The first kappa shape index (κ1) is 15.4. The van der Waals surface area contributed by atoms with Crippen LogP contribution in [0.1, 0.15) is 30.8 Å². The summed E-state index contributed by atoms with van der Waals surface area (Å²) in [6.07, 6.45) is 0.922.